The Balaban J connectivity index is 2.10. The van der Waals surface area contributed by atoms with Gasteiger partial charge in [-0.3, -0.25) is 0 Å². The molecule has 0 aliphatic carbocycles. The predicted octanol–water partition coefficient (Wildman–Crippen LogP) is 2.71. The van der Waals surface area contributed by atoms with Crippen LogP contribution in [0.1, 0.15) is 16.8 Å². The Hall–Kier alpha value is -2.07. The van der Waals surface area contributed by atoms with Gasteiger partial charge < -0.3 is 14.6 Å². The molecule has 0 bridgehead atoms. The van der Waals surface area contributed by atoms with E-state index in [-0.39, 0.29) is 11.7 Å². The fraction of sp³-hybridized carbons (Fsp3) is 0.267. The molecular weight excluding hydrogens is 244 g/mol. The summed E-state index contributed by atoms with van der Waals surface area (Å²) in [4.78, 5) is 11.3. The number of ether oxygens (including phenoxy) is 2. The van der Waals surface area contributed by atoms with E-state index in [2.05, 4.69) is 0 Å². The Morgan fingerprint density at radius 3 is 2.84 bits per heavy atom. The molecule has 4 heteroatoms. The highest BCUT2D eigenvalue weighted by molar-refractivity contribution is 6.00. The van der Waals surface area contributed by atoms with Crippen LogP contribution in [-0.2, 0) is 4.74 Å². The van der Waals surface area contributed by atoms with Gasteiger partial charge in [0.1, 0.15) is 17.4 Å². The normalized spacial score (nSPS) is 18.6. The molecule has 1 aliphatic heterocycles. The Morgan fingerprint density at radius 1 is 1.26 bits per heavy atom. The lowest BCUT2D eigenvalue weighted by atomic mass is 10.1. The van der Waals surface area contributed by atoms with Crippen LogP contribution >= 0.6 is 0 Å². The summed E-state index contributed by atoms with van der Waals surface area (Å²) in [5, 5.41) is 11.1. The van der Waals surface area contributed by atoms with Gasteiger partial charge in [0.25, 0.3) is 0 Å². The number of hydrogen-bond donors (Lipinski definition) is 1. The van der Waals surface area contributed by atoms with E-state index < -0.39 is 5.97 Å². The lowest BCUT2D eigenvalue weighted by Crippen LogP contribution is -2.17. The summed E-state index contributed by atoms with van der Waals surface area (Å²) < 4.78 is 11.1. The molecule has 0 aromatic heterocycles. The summed E-state index contributed by atoms with van der Waals surface area (Å²) in [5.74, 6) is -0.527. The number of carboxylic acids is 1. The minimum Gasteiger partial charge on any atom is -0.486 e. The molecule has 1 N–H and O–H groups in total. The molecule has 1 atom stereocenters. The van der Waals surface area contributed by atoms with Crippen molar-refractivity contribution in [3.05, 3.63) is 42.0 Å². The third-order valence-corrected chi connectivity index (χ3v) is 3.28. The van der Waals surface area contributed by atoms with Gasteiger partial charge in [-0.05, 0) is 11.5 Å². The smallest absolute Gasteiger partial charge is 0.339 e. The van der Waals surface area contributed by atoms with Crippen molar-refractivity contribution >= 4 is 16.7 Å². The topological polar surface area (TPSA) is 55.8 Å². The maximum Gasteiger partial charge on any atom is 0.339 e. The molecule has 0 spiro atoms. The zero-order chi connectivity index (χ0) is 13.2. The third-order valence-electron chi connectivity index (χ3n) is 3.28. The first-order valence-electron chi connectivity index (χ1n) is 6.25. The van der Waals surface area contributed by atoms with E-state index in [1.807, 2.05) is 24.3 Å². The second-order valence-corrected chi connectivity index (χ2v) is 4.57. The fourth-order valence-electron chi connectivity index (χ4n) is 2.31. The Kier molecular flexibility index (Phi) is 3.09. The van der Waals surface area contributed by atoms with Gasteiger partial charge in [-0.1, -0.05) is 30.3 Å². The fourth-order valence-corrected chi connectivity index (χ4v) is 2.31. The van der Waals surface area contributed by atoms with Crippen molar-refractivity contribution in [3.8, 4) is 5.75 Å². The van der Waals surface area contributed by atoms with Gasteiger partial charge in [0, 0.05) is 11.8 Å². The molecule has 4 nitrogen and oxygen atoms in total. The number of fused-ring (bicyclic) bond motifs is 1. The highest BCUT2D eigenvalue weighted by atomic mass is 16.5. The number of aromatic carboxylic acids is 1. The standard InChI is InChI=1S/C15H14O4/c16-15(17)13-6-5-10-3-1-2-4-12(10)14(13)19-11-7-8-18-9-11/h1-6,11H,7-9H2,(H,16,17). The summed E-state index contributed by atoms with van der Waals surface area (Å²) in [7, 11) is 0. The summed E-state index contributed by atoms with van der Waals surface area (Å²) in [6.45, 7) is 1.18. The summed E-state index contributed by atoms with van der Waals surface area (Å²) in [6.07, 6.45) is 0.728. The maximum atomic E-state index is 11.3. The number of carbonyl (C=O) groups is 1. The second-order valence-electron chi connectivity index (χ2n) is 4.57. The van der Waals surface area contributed by atoms with Crippen molar-refractivity contribution in [1.82, 2.24) is 0 Å². The van der Waals surface area contributed by atoms with Crippen molar-refractivity contribution in [2.24, 2.45) is 0 Å². The highest BCUT2D eigenvalue weighted by Gasteiger charge is 2.22. The average molecular weight is 258 g/mol. The molecule has 1 heterocycles. The van der Waals surface area contributed by atoms with E-state index in [1.54, 1.807) is 12.1 Å². The van der Waals surface area contributed by atoms with Crippen molar-refractivity contribution in [2.45, 2.75) is 12.5 Å². The van der Waals surface area contributed by atoms with Gasteiger partial charge in [-0.25, -0.2) is 4.79 Å². The number of benzene rings is 2. The van der Waals surface area contributed by atoms with E-state index in [9.17, 15) is 9.90 Å². The van der Waals surface area contributed by atoms with E-state index in [1.165, 1.54) is 0 Å². The average Bonchev–Trinajstić information content (AvgIpc) is 2.92. The minimum atomic E-state index is -0.973. The van der Waals surface area contributed by atoms with E-state index in [4.69, 9.17) is 9.47 Å². The van der Waals surface area contributed by atoms with Crippen LogP contribution in [-0.4, -0.2) is 30.4 Å². The van der Waals surface area contributed by atoms with E-state index >= 15 is 0 Å². The first-order valence-corrected chi connectivity index (χ1v) is 6.25. The van der Waals surface area contributed by atoms with Gasteiger partial charge >= 0.3 is 5.97 Å². The number of carboxylic acid groups (broad SMARTS) is 1. The number of hydrogen-bond acceptors (Lipinski definition) is 3. The van der Waals surface area contributed by atoms with Crippen LogP contribution in [0.25, 0.3) is 10.8 Å². The van der Waals surface area contributed by atoms with Gasteiger partial charge in [0.2, 0.25) is 0 Å². The zero-order valence-electron chi connectivity index (χ0n) is 10.3. The molecule has 1 saturated heterocycles. The molecular formula is C15H14O4. The lowest BCUT2D eigenvalue weighted by molar-refractivity contribution is 0.0688. The first kappa shape index (κ1) is 12.0. The van der Waals surface area contributed by atoms with Crippen LogP contribution in [0.3, 0.4) is 0 Å². The second kappa shape index (κ2) is 4.90. The minimum absolute atomic E-state index is 0.0658. The van der Waals surface area contributed by atoms with Gasteiger partial charge in [-0.15, -0.1) is 0 Å². The van der Waals surface area contributed by atoms with Gasteiger partial charge in [-0.2, -0.15) is 0 Å². The quantitative estimate of drug-likeness (QED) is 0.919. The molecule has 1 fully saturated rings. The van der Waals surface area contributed by atoms with Crippen molar-refractivity contribution in [2.75, 3.05) is 13.2 Å². The zero-order valence-corrected chi connectivity index (χ0v) is 10.3. The Labute approximate surface area is 110 Å². The van der Waals surface area contributed by atoms with Crippen LogP contribution in [0.5, 0.6) is 5.75 Å². The summed E-state index contributed by atoms with van der Waals surface area (Å²) in [6, 6.07) is 11.0. The maximum absolute atomic E-state index is 11.3. The van der Waals surface area contributed by atoms with Crippen LogP contribution in [0.15, 0.2) is 36.4 Å². The third kappa shape index (κ3) is 2.27. The molecule has 19 heavy (non-hydrogen) atoms. The summed E-state index contributed by atoms with van der Waals surface area (Å²) in [5.41, 5.74) is 0.200. The largest absolute Gasteiger partial charge is 0.486 e. The molecule has 2 aromatic carbocycles. The molecule has 3 rings (SSSR count). The van der Waals surface area contributed by atoms with Crippen molar-refractivity contribution in [3.63, 3.8) is 0 Å². The van der Waals surface area contributed by atoms with E-state index in [0.29, 0.717) is 19.0 Å². The first-order chi connectivity index (χ1) is 9.25. The van der Waals surface area contributed by atoms with Gasteiger partial charge in [0.05, 0.1) is 13.2 Å². The molecule has 98 valence electrons. The van der Waals surface area contributed by atoms with Crippen LogP contribution in [0.4, 0.5) is 0 Å². The Morgan fingerprint density at radius 2 is 2.11 bits per heavy atom. The highest BCUT2D eigenvalue weighted by Crippen LogP contribution is 2.31. The van der Waals surface area contributed by atoms with E-state index in [0.717, 1.165) is 17.2 Å². The Bertz CT molecular complexity index is 615. The number of rotatable bonds is 3. The monoisotopic (exact) mass is 258 g/mol. The van der Waals surface area contributed by atoms with Crippen molar-refractivity contribution in [1.29, 1.82) is 0 Å². The molecule has 1 aliphatic rings. The lowest BCUT2D eigenvalue weighted by Gasteiger charge is -2.16. The predicted molar refractivity (Wildman–Crippen MR) is 70.8 cm³/mol. The SMILES string of the molecule is O=C(O)c1ccc2ccccc2c1OC1CCOC1. The molecule has 0 radical (unpaired) electrons. The molecule has 2 aromatic rings. The van der Waals surface area contributed by atoms with Gasteiger partial charge in [0.15, 0.2) is 0 Å². The van der Waals surface area contributed by atoms with Crippen LogP contribution < -0.4 is 4.74 Å². The molecule has 1 unspecified atom stereocenters. The van der Waals surface area contributed by atoms with Crippen molar-refractivity contribution < 1.29 is 19.4 Å². The molecule has 0 saturated carbocycles. The summed E-state index contributed by atoms with van der Waals surface area (Å²) >= 11 is 0. The molecule has 0 amide bonds. The van der Waals surface area contributed by atoms with Crippen LogP contribution in [0.2, 0.25) is 0 Å². The van der Waals surface area contributed by atoms with Crippen LogP contribution in [0, 0.1) is 0 Å².